The van der Waals surface area contributed by atoms with E-state index in [0.717, 1.165) is 44.2 Å². The van der Waals surface area contributed by atoms with Crippen LogP contribution in [-0.2, 0) is 6.42 Å². The van der Waals surface area contributed by atoms with Gasteiger partial charge in [0.15, 0.2) is 5.78 Å². The Kier molecular flexibility index (Phi) is 5.28. The van der Waals surface area contributed by atoms with Gasteiger partial charge in [-0.1, -0.05) is 48.5 Å². The van der Waals surface area contributed by atoms with Crippen molar-refractivity contribution in [1.82, 2.24) is 9.97 Å². The Labute approximate surface area is 182 Å². The molecule has 1 aliphatic carbocycles. The molecule has 0 radical (unpaired) electrons. The Morgan fingerprint density at radius 1 is 0.839 bits per heavy atom. The van der Waals surface area contributed by atoms with Crippen molar-refractivity contribution in [2.24, 2.45) is 0 Å². The predicted molar refractivity (Wildman–Crippen MR) is 124 cm³/mol. The highest BCUT2D eigenvalue weighted by Crippen LogP contribution is 2.35. The van der Waals surface area contributed by atoms with E-state index in [0.29, 0.717) is 17.8 Å². The number of ketones is 1. The van der Waals surface area contributed by atoms with Crippen LogP contribution in [0, 0.1) is 0 Å². The molecule has 2 aliphatic rings. The molecule has 1 saturated heterocycles. The molecule has 3 aromatic rings. The summed E-state index contributed by atoms with van der Waals surface area (Å²) in [4.78, 5) is 27.3. The van der Waals surface area contributed by atoms with Crippen molar-refractivity contribution in [3.05, 3.63) is 77.5 Å². The van der Waals surface area contributed by atoms with E-state index in [1.807, 2.05) is 31.3 Å². The fourth-order valence-corrected chi connectivity index (χ4v) is 4.65. The third-order valence-corrected chi connectivity index (χ3v) is 6.31. The Balaban J connectivity index is 1.40. The van der Waals surface area contributed by atoms with Crippen LogP contribution in [-0.4, -0.2) is 49.0 Å². The van der Waals surface area contributed by atoms with Gasteiger partial charge in [0.1, 0.15) is 5.82 Å². The molecule has 1 N–H and O–H groups in total. The van der Waals surface area contributed by atoms with Gasteiger partial charge in [-0.25, -0.2) is 4.98 Å². The Morgan fingerprint density at radius 2 is 1.48 bits per heavy atom. The van der Waals surface area contributed by atoms with Crippen molar-refractivity contribution >= 4 is 23.2 Å². The molecule has 31 heavy (non-hydrogen) atoms. The average molecular weight is 414 g/mol. The molecule has 0 amide bonds. The highest BCUT2D eigenvalue weighted by molar-refractivity contribution is 6.03. The van der Waals surface area contributed by atoms with Gasteiger partial charge in [-0.15, -0.1) is 0 Å². The van der Waals surface area contributed by atoms with Crippen LogP contribution in [0.25, 0.3) is 0 Å². The van der Waals surface area contributed by atoms with Crippen molar-refractivity contribution < 1.29 is 4.79 Å². The van der Waals surface area contributed by atoms with E-state index in [9.17, 15) is 4.79 Å². The number of nitrogens with zero attached hydrogens (tertiary/aromatic N) is 4. The Morgan fingerprint density at radius 3 is 2.16 bits per heavy atom. The number of hydrogen-bond acceptors (Lipinski definition) is 6. The normalized spacial score (nSPS) is 18.6. The van der Waals surface area contributed by atoms with Gasteiger partial charge in [-0.2, -0.15) is 4.98 Å². The molecule has 1 aromatic heterocycles. The summed E-state index contributed by atoms with van der Waals surface area (Å²) in [6.07, 6.45) is 1.27. The molecule has 6 heteroatoms. The molecule has 1 aliphatic heterocycles. The lowest BCUT2D eigenvalue weighted by molar-refractivity contribution is 0.0963. The fourth-order valence-electron chi connectivity index (χ4n) is 4.65. The number of hydrogen-bond donors (Lipinski definition) is 1. The van der Waals surface area contributed by atoms with Crippen molar-refractivity contribution in [1.29, 1.82) is 0 Å². The van der Waals surface area contributed by atoms with Crippen LogP contribution in [0.15, 0.2) is 60.7 Å². The zero-order valence-corrected chi connectivity index (χ0v) is 17.8. The predicted octanol–water partition coefficient (Wildman–Crippen LogP) is 3.76. The minimum atomic E-state index is 0.125. The molecular formula is C25H27N5O. The molecule has 1 unspecified atom stereocenters. The van der Waals surface area contributed by atoms with E-state index in [-0.39, 0.29) is 11.7 Å². The zero-order chi connectivity index (χ0) is 21.2. The van der Waals surface area contributed by atoms with Crippen molar-refractivity contribution in [2.45, 2.75) is 18.8 Å². The monoisotopic (exact) mass is 413 g/mol. The zero-order valence-electron chi connectivity index (χ0n) is 17.8. The summed E-state index contributed by atoms with van der Waals surface area (Å²) in [7, 11) is 1.83. The SMILES string of the molecule is CNc1nc(N2CCN(c3ccccc3)CC2)nc2c1C(=O)CC(c1ccccc1)C2. The molecule has 1 fully saturated rings. The summed E-state index contributed by atoms with van der Waals surface area (Å²) in [6, 6.07) is 20.8. The van der Waals surface area contributed by atoms with Gasteiger partial charge >= 0.3 is 0 Å². The van der Waals surface area contributed by atoms with Crippen LogP contribution in [0.5, 0.6) is 0 Å². The second-order valence-electron chi connectivity index (χ2n) is 8.19. The number of piperazine rings is 1. The average Bonchev–Trinajstić information content (AvgIpc) is 2.84. The highest BCUT2D eigenvalue weighted by Gasteiger charge is 2.32. The molecule has 2 heterocycles. The lowest BCUT2D eigenvalue weighted by Gasteiger charge is -2.36. The molecule has 0 saturated carbocycles. The maximum atomic E-state index is 13.0. The number of nitrogens with one attached hydrogen (secondary N) is 1. The summed E-state index contributed by atoms with van der Waals surface area (Å²) in [5, 5.41) is 3.15. The van der Waals surface area contributed by atoms with E-state index in [1.165, 1.54) is 11.3 Å². The first-order valence-electron chi connectivity index (χ1n) is 10.9. The van der Waals surface area contributed by atoms with Crippen molar-refractivity contribution in [3.63, 3.8) is 0 Å². The first kappa shape index (κ1) is 19.5. The van der Waals surface area contributed by atoms with Crippen LogP contribution in [0.1, 0.15) is 34.0 Å². The molecule has 5 rings (SSSR count). The van der Waals surface area contributed by atoms with E-state index < -0.39 is 0 Å². The standard InChI is InChI=1S/C25H27N5O/c1-26-24-23-21(16-19(17-22(23)31)18-8-4-2-5-9-18)27-25(28-24)30-14-12-29(13-15-30)20-10-6-3-7-11-20/h2-11,19H,12-17H2,1H3,(H,26,27,28). The van der Waals surface area contributed by atoms with Gasteiger partial charge in [0.25, 0.3) is 0 Å². The summed E-state index contributed by atoms with van der Waals surface area (Å²) in [6.45, 7) is 3.55. The first-order chi connectivity index (χ1) is 15.2. The molecule has 6 nitrogen and oxygen atoms in total. The topological polar surface area (TPSA) is 61.4 Å². The second kappa shape index (κ2) is 8.38. The van der Waals surface area contributed by atoms with Gasteiger partial charge in [0.05, 0.1) is 11.3 Å². The third kappa shape index (κ3) is 3.85. The quantitative estimate of drug-likeness (QED) is 0.703. The van der Waals surface area contributed by atoms with E-state index in [2.05, 4.69) is 51.5 Å². The summed E-state index contributed by atoms with van der Waals surface area (Å²) in [5.74, 6) is 1.67. The number of aromatic nitrogens is 2. The number of carbonyl (C=O) groups excluding carboxylic acids is 1. The number of anilines is 3. The number of rotatable bonds is 4. The van der Waals surface area contributed by atoms with Crippen molar-refractivity contribution in [2.75, 3.05) is 48.3 Å². The number of Topliss-reactive ketones (excluding diaryl/α,β-unsaturated/α-hetero) is 1. The largest absolute Gasteiger partial charge is 0.372 e. The molecule has 0 spiro atoms. The third-order valence-electron chi connectivity index (χ3n) is 6.31. The van der Waals surface area contributed by atoms with E-state index in [1.54, 1.807) is 0 Å². The van der Waals surface area contributed by atoms with Crippen LogP contribution in [0.2, 0.25) is 0 Å². The lowest BCUT2D eigenvalue weighted by Crippen LogP contribution is -2.47. The summed E-state index contributed by atoms with van der Waals surface area (Å²) >= 11 is 0. The Bertz CT molecular complexity index is 1060. The van der Waals surface area contributed by atoms with Gasteiger partial charge < -0.3 is 15.1 Å². The van der Waals surface area contributed by atoms with Crippen LogP contribution in [0.3, 0.4) is 0 Å². The maximum absolute atomic E-state index is 13.0. The lowest BCUT2D eigenvalue weighted by atomic mass is 9.82. The minimum Gasteiger partial charge on any atom is -0.372 e. The summed E-state index contributed by atoms with van der Waals surface area (Å²) in [5.41, 5.74) is 3.98. The van der Waals surface area contributed by atoms with E-state index >= 15 is 0 Å². The number of carbonyl (C=O) groups is 1. The molecule has 158 valence electrons. The van der Waals surface area contributed by atoms with Crippen LogP contribution in [0.4, 0.5) is 17.5 Å². The molecular weight excluding hydrogens is 386 g/mol. The molecule has 1 atom stereocenters. The van der Waals surface area contributed by atoms with Gasteiger partial charge in [-0.05, 0) is 30.0 Å². The number of benzene rings is 2. The number of para-hydroxylation sites is 1. The van der Waals surface area contributed by atoms with Gasteiger partial charge in [-0.3, -0.25) is 4.79 Å². The number of fused-ring (bicyclic) bond motifs is 1. The minimum absolute atomic E-state index is 0.125. The molecule has 0 bridgehead atoms. The molecule has 2 aromatic carbocycles. The second-order valence-corrected chi connectivity index (χ2v) is 8.19. The smallest absolute Gasteiger partial charge is 0.227 e. The van der Waals surface area contributed by atoms with Crippen LogP contribution < -0.4 is 15.1 Å². The summed E-state index contributed by atoms with van der Waals surface area (Å²) < 4.78 is 0. The van der Waals surface area contributed by atoms with E-state index in [4.69, 9.17) is 9.97 Å². The van der Waals surface area contributed by atoms with Crippen LogP contribution >= 0.6 is 0 Å². The fraction of sp³-hybridized carbons (Fsp3) is 0.320. The van der Waals surface area contributed by atoms with Crippen molar-refractivity contribution in [3.8, 4) is 0 Å². The Hall–Kier alpha value is -3.41. The maximum Gasteiger partial charge on any atom is 0.227 e. The first-order valence-corrected chi connectivity index (χ1v) is 10.9. The van der Waals surface area contributed by atoms with Gasteiger partial charge in [0.2, 0.25) is 5.95 Å². The highest BCUT2D eigenvalue weighted by atomic mass is 16.1. The van der Waals surface area contributed by atoms with Gasteiger partial charge in [0, 0.05) is 45.3 Å².